The van der Waals surface area contributed by atoms with Crippen molar-refractivity contribution in [2.75, 3.05) is 6.54 Å². The van der Waals surface area contributed by atoms with Gasteiger partial charge in [0, 0.05) is 18.8 Å². The molecule has 0 saturated carbocycles. The van der Waals surface area contributed by atoms with E-state index in [0.717, 1.165) is 18.7 Å². The van der Waals surface area contributed by atoms with Gasteiger partial charge in [0.2, 0.25) is 0 Å². The molecule has 0 saturated heterocycles. The van der Waals surface area contributed by atoms with Gasteiger partial charge in [-0.2, -0.15) is 0 Å². The number of rotatable bonds is 4. The molecule has 1 N–H and O–H groups in total. The Morgan fingerprint density at radius 2 is 2.13 bits per heavy atom. The fourth-order valence-corrected chi connectivity index (χ4v) is 1.40. The van der Waals surface area contributed by atoms with Crippen LogP contribution in [0.1, 0.15) is 33.4 Å². The molecule has 1 unspecified atom stereocenters. The summed E-state index contributed by atoms with van der Waals surface area (Å²) < 4.78 is 1.75. The van der Waals surface area contributed by atoms with Crippen molar-refractivity contribution in [1.29, 1.82) is 0 Å². The zero-order chi connectivity index (χ0) is 11.5. The largest absolute Gasteiger partial charge is 0.312 e. The average molecular weight is 210 g/mol. The first-order valence-corrected chi connectivity index (χ1v) is 5.47. The van der Waals surface area contributed by atoms with E-state index in [1.807, 2.05) is 13.2 Å². The zero-order valence-corrected chi connectivity index (χ0v) is 10.4. The molecule has 1 heterocycles. The molecule has 4 heteroatoms. The molecule has 1 rings (SSSR count). The third kappa shape index (κ3) is 4.93. The normalized spacial score (nSPS) is 14.2. The van der Waals surface area contributed by atoms with Crippen molar-refractivity contribution in [1.82, 2.24) is 20.3 Å². The highest BCUT2D eigenvalue weighted by molar-refractivity contribution is 4.93. The number of nitrogens with zero attached hydrogens (tertiary/aromatic N) is 3. The lowest BCUT2D eigenvalue weighted by Gasteiger charge is -2.23. The molecule has 86 valence electrons. The summed E-state index contributed by atoms with van der Waals surface area (Å²) in [6, 6.07) is 0. The number of nitrogens with one attached hydrogen (secondary N) is 1. The minimum Gasteiger partial charge on any atom is -0.312 e. The van der Waals surface area contributed by atoms with Crippen LogP contribution in [0.4, 0.5) is 0 Å². The van der Waals surface area contributed by atoms with Gasteiger partial charge in [0.05, 0.1) is 5.69 Å². The van der Waals surface area contributed by atoms with E-state index < -0.39 is 0 Å². The van der Waals surface area contributed by atoms with E-state index in [1.165, 1.54) is 0 Å². The fourth-order valence-electron chi connectivity index (χ4n) is 1.40. The quantitative estimate of drug-likeness (QED) is 0.816. The second-order valence-electron chi connectivity index (χ2n) is 5.32. The van der Waals surface area contributed by atoms with Crippen molar-refractivity contribution < 1.29 is 0 Å². The van der Waals surface area contributed by atoms with Gasteiger partial charge in [-0.3, -0.25) is 4.68 Å². The highest BCUT2D eigenvalue weighted by Crippen LogP contribution is 2.06. The van der Waals surface area contributed by atoms with Crippen molar-refractivity contribution in [3.05, 3.63) is 11.9 Å². The molecule has 1 aromatic heterocycles. The van der Waals surface area contributed by atoms with E-state index in [2.05, 4.69) is 43.3 Å². The molecular weight excluding hydrogens is 188 g/mol. The molecule has 1 atom stereocenters. The lowest BCUT2D eigenvalue weighted by atomic mass is 10.0. The molecule has 0 aromatic carbocycles. The molecule has 0 amide bonds. The molecule has 4 nitrogen and oxygen atoms in total. The molecule has 0 bridgehead atoms. The van der Waals surface area contributed by atoms with E-state index in [9.17, 15) is 0 Å². The first-order valence-electron chi connectivity index (χ1n) is 5.47. The predicted molar refractivity (Wildman–Crippen MR) is 61.6 cm³/mol. The number of hydrogen-bond acceptors (Lipinski definition) is 3. The smallest absolute Gasteiger partial charge is 0.0830 e. The Labute approximate surface area is 92.1 Å². The lowest BCUT2D eigenvalue weighted by Crippen LogP contribution is -2.39. The Hall–Kier alpha value is -0.900. The van der Waals surface area contributed by atoms with E-state index in [1.54, 1.807) is 4.68 Å². The summed E-state index contributed by atoms with van der Waals surface area (Å²) in [5.74, 6) is 0.584. The van der Waals surface area contributed by atoms with Crippen LogP contribution in [0.15, 0.2) is 6.20 Å². The van der Waals surface area contributed by atoms with Crippen LogP contribution in [-0.4, -0.2) is 27.1 Å². The summed E-state index contributed by atoms with van der Waals surface area (Å²) >= 11 is 0. The van der Waals surface area contributed by atoms with Crippen LogP contribution in [0.5, 0.6) is 0 Å². The molecule has 1 aromatic rings. The van der Waals surface area contributed by atoms with Crippen molar-refractivity contribution in [2.45, 2.75) is 39.7 Å². The zero-order valence-electron chi connectivity index (χ0n) is 10.4. The van der Waals surface area contributed by atoms with Gasteiger partial charge in [-0.15, -0.1) is 5.10 Å². The third-order valence-corrected chi connectivity index (χ3v) is 2.19. The Morgan fingerprint density at radius 3 is 2.60 bits per heavy atom. The molecule has 0 aliphatic heterocycles. The summed E-state index contributed by atoms with van der Waals surface area (Å²) in [4.78, 5) is 0. The molecule has 0 radical (unpaired) electrons. The van der Waals surface area contributed by atoms with Gasteiger partial charge in [-0.1, -0.05) is 12.1 Å². The summed E-state index contributed by atoms with van der Waals surface area (Å²) in [5, 5.41) is 11.5. The van der Waals surface area contributed by atoms with Crippen LogP contribution in [0.3, 0.4) is 0 Å². The Kier molecular flexibility index (Phi) is 3.85. The maximum atomic E-state index is 4.09. The van der Waals surface area contributed by atoms with Crippen LogP contribution < -0.4 is 5.32 Å². The second kappa shape index (κ2) is 4.75. The van der Waals surface area contributed by atoms with Crippen molar-refractivity contribution >= 4 is 0 Å². The Morgan fingerprint density at radius 1 is 1.47 bits per heavy atom. The van der Waals surface area contributed by atoms with Gasteiger partial charge in [0.15, 0.2) is 0 Å². The van der Waals surface area contributed by atoms with Gasteiger partial charge in [0.1, 0.15) is 0 Å². The minimum absolute atomic E-state index is 0.191. The third-order valence-electron chi connectivity index (χ3n) is 2.19. The predicted octanol–water partition coefficient (Wildman–Crippen LogP) is 1.38. The van der Waals surface area contributed by atoms with Crippen LogP contribution in [0.2, 0.25) is 0 Å². The summed E-state index contributed by atoms with van der Waals surface area (Å²) in [5.41, 5.74) is 1.26. The topological polar surface area (TPSA) is 42.7 Å². The molecule has 0 aliphatic carbocycles. The van der Waals surface area contributed by atoms with Gasteiger partial charge >= 0.3 is 0 Å². The number of aryl methyl sites for hydroxylation is 1. The fraction of sp³-hybridized carbons (Fsp3) is 0.818. The van der Waals surface area contributed by atoms with Crippen LogP contribution in [-0.2, 0) is 13.5 Å². The van der Waals surface area contributed by atoms with E-state index in [-0.39, 0.29) is 5.54 Å². The van der Waals surface area contributed by atoms with Crippen LogP contribution in [0.25, 0.3) is 0 Å². The standard InChI is InChI=1S/C11H22N4/c1-9(7-12-11(2,3)4)6-10-8-15(5)14-13-10/h8-9,12H,6-7H2,1-5H3. The summed E-state index contributed by atoms with van der Waals surface area (Å²) in [6.45, 7) is 9.79. The van der Waals surface area contributed by atoms with Crippen LogP contribution >= 0.6 is 0 Å². The molecule has 0 spiro atoms. The average Bonchev–Trinajstić information content (AvgIpc) is 2.47. The number of hydrogen-bond donors (Lipinski definition) is 1. The first kappa shape index (κ1) is 12.2. The van der Waals surface area contributed by atoms with Gasteiger partial charge < -0.3 is 5.32 Å². The Bertz CT molecular complexity index is 298. The first-order chi connectivity index (χ1) is 6.87. The van der Waals surface area contributed by atoms with Crippen molar-refractivity contribution in [3.63, 3.8) is 0 Å². The second-order valence-corrected chi connectivity index (χ2v) is 5.32. The molecule has 15 heavy (non-hydrogen) atoms. The molecule has 0 fully saturated rings. The van der Waals surface area contributed by atoms with E-state index in [0.29, 0.717) is 5.92 Å². The number of aromatic nitrogens is 3. The summed E-state index contributed by atoms with van der Waals surface area (Å²) in [6.07, 6.45) is 2.96. The lowest BCUT2D eigenvalue weighted by molar-refractivity contribution is 0.380. The maximum absolute atomic E-state index is 4.09. The minimum atomic E-state index is 0.191. The van der Waals surface area contributed by atoms with Gasteiger partial charge in [-0.05, 0) is 39.7 Å². The molecular formula is C11H22N4. The van der Waals surface area contributed by atoms with E-state index >= 15 is 0 Å². The van der Waals surface area contributed by atoms with Crippen molar-refractivity contribution in [3.8, 4) is 0 Å². The van der Waals surface area contributed by atoms with Crippen molar-refractivity contribution in [2.24, 2.45) is 13.0 Å². The monoisotopic (exact) mass is 210 g/mol. The summed E-state index contributed by atoms with van der Waals surface area (Å²) in [7, 11) is 1.90. The maximum Gasteiger partial charge on any atom is 0.0830 e. The molecule has 0 aliphatic rings. The van der Waals surface area contributed by atoms with E-state index in [4.69, 9.17) is 0 Å². The highest BCUT2D eigenvalue weighted by Gasteiger charge is 2.12. The van der Waals surface area contributed by atoms with Gasteiger partial charge in [0.25, 0.3) is 0 Å². The van der Waals surface area contributed by atoms with Crippen LogP contribution in [0, 0.1) is 5.92 Å². The van der Waals surface area contributed by atoms with Gasteiger partial charge in [-0.25, -0.2) is 0 Å². The Balaban J connectivity index is 2.33. The highest BCUT2D eigenvalue weighted by atomic mass is 15.4. The SMILES string of the molecule is CC(CNC(C)(C)C)Cc1cn(C)nn1.